The predicted molar refractivity (Wildman–Crippen MR) is 83.7 cm³/mol. The van der Waals surface area contributed by atoms with E-state index in [1.165, 1.54) is 19.3 Å². The number of hydrogen-bond donors (Lipinski definition) is 1. The largest absolute Gasteiger partial charge is 0.463 e. The molecule has 4 aliphatic carbocycles. The van der Waals surface area contributed by atoms with Crippen LogP contribution in [0.3, 0.4) is 0 Å². The molecule has 6 heteroatoms. The minimum atomic E-state index is -0.767. The summed E-state index contributed by atoms with van der Waals surface area (Å²) >= 11 is 0. The van der Waals surface area contributed by atoms with Gasteiger partial charge in [-0.2, -0.15) is 0 Å². The molecule has 1 amide bonds. The monoisotopic (exact) mass is 335 g/mol. The predicted octanol–water partition coefficient (Wildman–Crippen LogP) is 1.57. The number of carbonyl (C=O) groups is 3. The number of rotatable bonds is 5. The minimum Gasteiger partial charge on any atom is -0.463 e. The van der Waals surface area contributed by atoms with Gasteiger partial charge < -0.3 is 14.8 Å². The Balaban J connectivity index is 1.25. The van der Waals surface area contributed by atoms with E-state index in [9.17, 15) is 14.4 Å². The quantitative estimate of drug-likeness (QED) is 0.771. The van der Waals surface area contributed by atoms with Gasteiger partial charge in [0.05, 0.1) is 13.0 Å². The van der Waals surface area contributed by atoms with Crippen LogP contribution in [0.2, 0.25) is 0 Å². The number of esters is 2. The molecule has 0 radical (unpaired) electrons. The molecule has 0 aromatic carbocycles. The molecule has 0 aromatic heterocycles. The van der Waals surface area contributed by atoms with Gasteiger partial charge in [-0.25, -0.2) is 4.79 Å². The van der Waals surface area contributed by atoms with Gasteiger partial charge in [-0.1, -0.05) is 0 Å². The summed E-state index contributed by atoms with van der Waals surface area (Å²) in [6, 6.07) is 0. The highest BCUT2D eigenvalue weighted by atomic mass is 16.6. The first kappa shape index (κ1) is 15.9. The maximum Gasteiger partial charge on any atom is 0.347 e. The average Bonchev–Trinajstić information content (AvgIpc) is 2.91. The fourth-order valence-corrected chi connectivity index (χ4v) is 5.66. The molecule has 5 aliphatic rings. The summed E-state index contributed by atoms with van der Waals surface area (Å²) in [7, 11) is 0. The number of nitrogens with one attached hydrogen (secondary N) is 1. The smallest absolute Gasteiger partial charge is 0.347 e. The SMILES string of the molecule is O=C(CCNC(=O)C12CC3CC(CC(C3)C1)C2)OC1CCOC1=O. The van der Waals surface area contributed by atoms with Crippen LogP contribution in [-0.4, -0.2) is 37.1 Å². The van der Waals surface area contributed by atoms with E-state index in [4.69, 9.17) is 9.47 Å². The van der Waals surface area contributed by atoms with Crippen LogP contribution in [0.25, 0.3) is 0 Å². The number of hydrogen-bond acceptors (Lipinski definition) is 5. The molecule has 5 fully saturated rings. The van der Waals surface area contributed by atoms with Crippen molar-refractivity contribution >= 4 is 17.8 Å². The van der Waals surface area contributed by atoms with Gasteiger partial charge in [0.2, 0.25) is 12.0 Å². The van der Waals surface area contributed by atoms with Gasteiger partial charge in [0.25, 0.3) is 0 Å². The van der Waals surface area contributed by atoms with Gasteiger partial charge in [0.1, 0.15) is 0 Å². The Morgan fingerprint density at radius 3 is 2.29 bits per heavy atom. The Kier molecular flexibility index (Phi) is 4.01. The lowest BCUT2D eigenvalue weighted by molar-refractivity contribution is -0.160. The van der Waals surface area contributed by atoms with E-state index >= 15 is 0 Å². The highest BCUT2D eigenvalue weighted by Gasteiger charge is 2.54. The Hall–Kier alpha value is -1.59. The summed E-state index contributed by atoms with van der Waals surface area (Å²) in [6.45, 7) is 0.584. The summed E-state index contributed by atoms with van der Waals surface area (Å²) < 4.78 is 9.85. The highest BCUT2D eigenvalue weighted by molar-refractivity contribution is 5.84. The van der Waals surface area contributed by atoms with E-state index in [0.717, 1.165) is 37.0 Å². The van der Waals surface area contributed by atoms with Crippen LogP contribution in [0, 0.1) is 23.2 Å². The second kappa shape index (κ2) is 6.05. The van der Waals surface area contributed by atoms with Crippen molar-refractivity contribution < 1.29 is 23.9 Å². The third-order valence-corrected chi connectivity index (χ3v) is 6.30. The van der Waals surface area contributed by atoms with Crippen LogP contribution in [0.5, 0.6) is 0 Å². The Morgan fingerprint density at radius 2 is 1.75 bits per heavy atom. The van der Waals surface area contributed by atoms with E-state index in [0.29, 0.717) is 13.0 Å². The van der Waals surface area contributed by atoms with Crippen molar-refractivity contribution in [3.8, 4) is 0 Å². The Morgan fingerprint density at radius 1 is 1.12 bits per heavy atom. The molecular formula is C18H25NO5. The van der Waals surface area contributed by atoms with Crippen molar-refractivity contribution in [1.82, 2.24) is 5.32 Å². The topological polar surface area (TPSA) is 81.7 Å². The van der Waals surface area contributed by atoms with Crippen LogP contribution < -0.4 is 5.32 Å². The molecule has 6 nitrogen and oxygen atoms in total. The molecular weight excluding hydrogens is 310 g/mol. The molecule has 4 saturated carbocycles. The van der Waals surface area contributed by atoms with Crippen molar-refractivity contribution in [2.45, 2.75) is 57.5 Å². The molecule has 0 aromatic rings. The lowest BCUT2D eigenvalue weighted by Crippen LogP contribution is -2.53. The first-order valence-electron chi connectivity index (χ1n) is 9.18. The van der Waals surface area contributed by atoms with E-state index < -0.39 is 18.0 Å². The van der Waals surface area contributed by atoms with Gasteiger partial charge in [-0.15, -0.1) is 0 Å². The molecule has 4 bridgehead atoms. The first-order valence-corrected chi connectivity index (χ1v) is 9.18. The molecule has 1 heterocycles. The van der Waals surface area contributed by atoms with Crippen LogP contribution >= 0.6 is 0 Å². The number of ether oxygens (including phenoxy) is 2. The molecule has 1 saturated heterocycles. The molecule has 5 rings (SSSR count). The molecule has 0 spiro atoms. The highest BCUT2D eigenvalue weighted by Crippen LogP contribution is 2.60. The number of carbonyl (C=O) groups excluding carboxylic acids is 3. The van der Waals surface area contributed by atoms with Crippen LogP contribution in [0.15, 0.2) is 0 Å². The second-order valence-electron chi connectivity index (χ2n) is 8.14. The molecule has 1 atom stereocenters. The van der Waals surface area contributed by atoms with Crippen molar-refractivity contribution in [2.24, 2.45) is 23.2 Å². The molecule has 24 heavy (non-hydrogen) atoms. The Bertz CT molecular complexity index is 522. The van der Waals surface area contributed by atoms with Gasteiger partial charge in [-0.05, 0) is 56.3 Å². The fourth-order valence-electron chi connectivity index (χ4n) is 5.66. The molecule has 1 aliphatic heterocycles. The molecule has 1 N–H and O–H groups in total. The molecule has 132 valence electrons. The average molecular weight is 335 g/mol. The zero-order valence-corrected chi connectivity index (χ0v) is 13.9. The molecule has 1 unspecified atom stereocenters. The summed E-state index contributed by atoms with van der Waals surface area (Å²) in [5.74, 6) is 1.36. The Labute approximate surface area is 141 Å². The van der Waals surface area contributed by atoms with Crippen molar-refractivity contribution in [3.63, 3.8) is 0 Å². The van der Waals surface area contributed by atoms with Gasteiger partial charge >= 0.3 is 11.9 Å². The van der Waals surface area contributed by atoms with Gasteiger partial charge in [0, 0.05) is 18.4 Å². The summed E-state index contributed by atoms with van der Waals surface area (Å²) in [5, 5.41) is 2.95. The number of amides is 1. The lowest BCUT2D eigenvalue weighted by Gasteiger charge is -2.55. The summed E-state index contributed by atoms with van der Waals surface area (Å²) in [4.78, 5) is 35.8. The maximum atomic E-state index is 12.7. The van der Waals surface area contributed by atoms with Crippen LogP contribution in [-0.2, 0) is 23.9 Å². The first-order chi connectivity index (χ1) is 11.5. The van der Waals surface area contributed by atoms with Gasteiger partial charge in [-0.3, -0.25) is 9.59 Å². The summed E-state index contributed by atoms with van der Waals surface area (Å²) in [6.07, 6.45) is 6.71. The number of cyclic esters (lactones) is 1. The van der Waals surface area contributed by atoms with E-state index in [2.05, 4.69) is 5.32 Å². The van der Waals surface area contributed by atoms with Crippen LogP contribution in [0.1, 0.15) is 51.4 Å². The third kappa shape index (κ3) is 2.91. The van der Waals surface area contributed by atoms with Gasteiger partial charge in [0.15, 0.2) is 0 Å². The summed E-state index contributed by atoms with van der Waals surface area (Å²) in [5.41, 5.74) is -0.187. The van der Waals surface area contributed by atoms with Crippen molar-refractivity contribution in [2.75, 3.05) is 13.2 Å². The second-order valence-corrected chi connectivity index (χ2v) is 8.14. The van der Waals surface area contributed by atoms with Crippen molar-refractivity contribution in [3.05, 3.63) is 0 Å². The zero-order valence-electron chi connectivity index (χ0n) is 13.9. The third-order valence-electron chi connectivity index (χ3n) is 6.30. The fraction of sp³-hybridized carbons (Fsp3) is 0.833. The van der Waals surface area contributed by atoms with Crippen LogP contribution in [0.4, 0.5) is 0 Å². The standard InChI is InChI=1S/C18H25NO5/c20-15(24-14-2-4-23-16(14)21)1-3-19-17(22)18-8-11-5-12(9-18)7-13(6-11)10-18/h11-14H,1-10H2,(H,19,22). The van der Waals surface area contributed by atoms with E-state index in [-0.39, 0.29) is 24.3 Å². The van der Waals surface area contributed by atoms with E-state index in [1.54, 1.807) is 0 Å². The normalized spacial score (nSPS) is 39.6. The minimum absolute atomic E-state index is 0.0991. The lowest BCUT2D eigenvalue weighted by atomic mass is 9.49. The van der Waals surface area contributed by atoms with E-state index in [1.807, 2.05) is 0 Å². The zero-order chi connectivity index (χ0) is 16.7. The maximum absolute atomic E-state index is 12.7. The van der Waals surface area contributed by atoms with Crippen molar-refractivity contribution in [1.29, 1.82) is 0 Å².